The van der Waals surface area contributed by atoms with E-state index in [1.54, 1.807) is 12.3 Å². The summed E-state index contributed by atoms with van der Waals surface area (Å²) in [6.07, 6.45) is 1.65. The number of carboxylic acid groups (broad SMARTS) is 1. The summed E-state index contributed by atoms with van der Waals surface area (Å²) >= 11 is 0. The fourth-order valence-corrected chi connectivity index (χ4v) is 2.98. The number of halogens is 1. The van der Waals surface area contributed by atoms with Crippen molar-refractivity contribution in [2.75, 3.05) is 13.2 Å². The lowest BCUT2D eigenvalue weighted by molar-refractivity contribution is -0.139. The predicted molar refractivity (Wildman–Crippen MR) is 115 cm³/mol. The lowest BCUT2D eigenvalue weighted by Crippen LogP contribution is -2.10. The van der Waals surface area contributed by atoms with Crippen LogP contribution in [0.2, 0.25) is 0 Å². The molecule has 0 unspecified atom stereocenters. The summed E-state index contributed by atoms with van der Waals surface area (Å²) in [6, 6.07) is 18.0. The first-order chi connectivity index (χ1) is 14.5. The van der Waals surface area contributed by atoms with E-state index in [4.69, 9.17) is 14.6 Å². The summed E-state index contributed by atoms with van der Waals surface area (Å²) in [5, 5.41) is 8.61. The van der Waals surface area contributed by atoms with Crippen LogP contribution in [0.25, 0.3) is 11.1 Å². The van der Waals surface area contributed by atoms with Crippen LogP contribution >= 0.6 is 0 Å². The highest BCUT2D eigenvalue weighted by Crippen LogP contribution is 2.28. The molecular weight excluding hydrogens is 385 g/mol. The highest BCUT2D eigenvalue weighted by atomic mass is 19.1. The van der Waals surface area contributed by atoms with Gasteiger partial charge in [0.2, 0.25) is 0 Å². The lowest BCUT2D eigenvalue weighted by atomic mass is 9.99. The molecule has 0 bridgehead atoms. The van der Waals surface area contributed by atoms with E-state index in [9.17, 15) is 9.18 Å². The second-order valence-corrected chi connectivity index (χ2v) is 6.59. The Bertz CT molecular complexity index is 1080. The number of rotatable bonds is 8. The molecule has 0 fully saturated rings. The Morgan fingerprint density at radius 1 is 1.10 bits per heavy atom. The van der Waals surface area contributed by atoms with E-state index in [0.717, 1.165) is 28.0 Å². The lowest BCUT2D eigenvalue weighted by Gasteiger charge is -2.10. The standard InChI is InChI=1S/C24H22FNO4/c1-3-29-20-8-9-21(16(2)11-20)18-6-4-5-17(12-18)14-26-19-7-10-23(22(25)13-19)30-15-24(27)28/h4-14H,3,15H2,1-2H3,(H,27,28)/b26-14+. The summed E-state index contributed by atoms with van der Waals surface area (Å²) in [5.41, 5.74) is 4.52. The van der Waals surface area contributed by atoms with Gasteiger partial charge in [-0.25, -0.2) is 9.18 Å². The van der Waals surface area contributed by atoms with Gasteiger partial charge in [-0.1, -0.05) is 24.3 Å². The van der Waals surface area contributed by atoms with Crippen LogP contribution in [0.3, 0.4) is 0 Å². The van der Waals surface area contributed by atoms with Crippen LogP contribution in [-0.4, -0.2) is 30.5 Å². The van der Waals surface area contributed by atoms with E-state index in [0.29, 0.717) is 12.3 Å². The van der Waals surface area contributed by atoms with E-state index in [1.807, 2.05) is 56.3 Å². The van der Waals surface area contributed by atoms with Crippen LogP contribution < -0.4 is 9.47 Å². The van der Waals surface area contributed by atoms with Crippen LogP contribution in [0, 0.1) is 12.7 Å². The third-order valence-electron chi connectivity index (χ3n) is 4.34. The number of carboxylic acids is 1. The first-order valence-corrected chi connectivity index (χ1v) is 9.48. The Morgan fingerprint density at radius 3 is 2.63 bits per heavy atom. The molecule has 30 heavy (non-hydrogen) atoms. The largest absolute Gasteiger partial charge is 0.494 e. The van der Waals surface area contributed by atoms with Gasteiger partial charge in [0, 0.05) is 12.3 Å². The van der Waals surface area contributed by atoms with E-state index in [1.165, 1.54) is 12.1 Å². The van der Waals surface area contributed by atoms with Crippen molar-refractivity contribution in [3.63, 3.8) is 0 Å². The highest BCUT2D eigenvalue weighted by Gasteiger charge is 2.07. The van der Waals surface area contributed by atoms with Gasteiger partial charge in [-0.3, -0.25) is 4.99 Å². The monoisotopic (exact) mass is 407 g/mol. The van der Waals surface area contributed by atoms with Crippen molar-refractivity contribution in [1.29, 1.82) is 0 Å². The van der Waals surface area contributed by atoms with E-state index >= 15 is 0 Å². The number of nitrogens with zero attached hydrogens (tertiary/aromatic N) is 1. The van der Waals surface area contributed by atoms with Crippen molar-refractivity contribution in [2.45, 2.75) is 13.8 Å². The topological polar surface area (TPSA) is 68.1 Å². The maximum atomic E-state index is 14.0. The zero-order valence-electron chi connectivity index (χ0n) is 16.8. The number of hydrogen-bond acceptors (Lipinski definition) is 4. The Kier molecular flexibility index (Phi) is 6.80. The van der Waals surface area contributed by atoms with E-state index in [2.05, 4.69) is 4.99 Å². The van der Waals surface area contributed by atoms with Gasteiger partial charge in [0.15, 0.2) is 18.2 Å². The predicted octanol–water partition coefficient (Wildman–Crippen LogP) is 5.41. The number of hydrogen-bond donors (Lipinski definition) is 1. The van der Waals surface area contributed by atoms with Gasteiger partial charge in [0.05, 0.1) is 12.3 Å². The molecule has 0 aliphatic rings. The summed E-state index contributed by atoms with van der Waals surface area (Å²) in [4.78, 5) is 14.8. The Morgan fingerprint density at radius 2 is 1.93 bits per heavy atom. The van der Waals surface area contributed by atoms with Gasteiger partial charge < -0.3 is 14.6 Å². The molecule has 0 spiro atoms. The zero-order chi connectivity index (χ0) is 21.5. The summed E-state index contributed by atoms with van der Waals surface area (Å²) in [5.74, 6) is -1.11. The van der Waals surface area contributed by atoms with Crippen LogP contribution in [0.1, 0.15) is 18.1 Å². The molecule has 3 aromatic rings. The average molecular weight is 407 g/mol. The molecule has 0 radical (unpaired) electrons. The number of ether oxygens (including phenoxy) is 2. The Labute approximate surface area is 174 Å². The number of benzene rings is 3. The average Bonchev–Trinajstić information content (AvgIpc) is 2.72. The second kappa shape index (κ2) is 9.69. The molecule has 1 N–H and O–H groups in total. The first-order valence-electron chi connectivity index (χ1n) is 9.48. The minimum absolute atomic E-state index is 0.121. The minimum atomic E-state index is -1.17. The molecule has 154 valence electrons. The fraction of sp³-hybridized carbons (Fsp3) is 0.167. The van der Waals surface area contributed by atoms with Crippen LogP contribution in [0.4, 0.5) is 10.1 Å². The van der Waals surface area contributed by atoms with Gasteiger partial charge >= 0.3 is 5.97 Å². The quantitative estimate of drug-likeness (QED) is 0.507. The first kappa shape index (κ1) is 21.0. The maximum absolute atomic E-state index is 14.0. The highest BCUT2D eigenvalue weighted by molar-refractivity contribution is 5.85. The van der Waals surface area contributed by atoms with E-state index in [-0.39, 0.29) is 5.75 Å². The van der Waals surface area contributed by atoms with Gasteiger partial charge in [-0.2, -0.15) is 0 Å². The number of carbonyl (C=O) groups is 1. The molecule has 0 aromatic heterocycles. The molecule has 0 atom stereocenters. The zero-order valence-corrected chi connectivity index (χ0v) is 16.8. The fourth-order valence-electron chi connectivity index (χ4n) is 2.98. The molecule has 0 aliphatic heterocycles. The van der Waals surface area contributed by atoms with Gasteiger partial charge in [-0.05, 0) is 66.4 Å². The molecule has 3 aromatic carbocycles. The Balaban J connectivity index is 1.77. The van der Waals surface area contributed by atoms with E-state index < -0.39 is 18.4 Å². The summed E-state index contributed by atoms with van der Waals surface area (Å²) < 4.78 is 24.5. The van der Waals surface area contributed by atoms with Crippen molar-refractivity contribution < 1.29 is 23.8 Å². The van der Waals surface area contributed by atoms with Crippen molar-refractivity contribution in [3.05, 3.63) is 77.6 Å². The Hall–Kier alpha value is -3.67. The maximum Gasteiger partial charge on any atom is 0.341 e. The smallest absolute Gasteiger partial charge is 0.341 e. The number of aryl methyl sites for hydroxylation is 1. The summed E-state index contributed by atoms with van der Waals surface area (Å²) in [6.45, 7) is 4.01. The molecule has 0 saturated heterocycles. The van der Waals surface area contributed by atoms with Crippen LogP contribution in [0.5, 0.6) is 11.5 Å². The molecule has 6 heteroatoms. The third-order valence-corrected chi connectivity index (χ3v) is 4.34. The molecular formula is C24H22FNO4. The van der Waals surface area contributed by atoms with Gasteiger partial charge in [-0.15, -0.1) is 0 Å². The van der Waals surface area contributed by atoms with Gasteiger partial charge in [0.25, 0.3) is 0 Å². The molecule has 0 aliphatic carbocycles. The van der Waals surface area contributed by atoms with Crippen molar-refractivity contribution >= 4 is 17.9 Å². The molecule has 0 saturated carbocycles. The van der Waals surface area contributed by atoms with Crippen LogP contribution in [0.15, 0.2) is 65.7 Å². The summed E-state index contributed by atoms with van der Waals surface area (Å²) in [7, 11) is 0. The number of aliphatic imine (C=N–C) groups is 1. The van der Waals surface area contributed by atoms with Crippen LogP contribution in [-0.2, 0) is 4.79 Å². The molecule has 0 amide bonds. The van der Waals surface area contributed by atoms with Crippen molar-refractivity contribution in [2.24, 2.45) is 4.99 Å². The molecule has 5 nitrogen and oxygen atoms in total. The number of aliphatic carboxylic acids is 1. The van der Waals surface area contributed by atoms with Gasteiger partial charge in [0.1, 0.15) is 5.75 Å². The molecule has 0 heterocycles. The van der Waals surface area contributed by atoms with Crippen molar-refractivity contribution in [1.82, 2.24) is 0 Å². The normalized spacial score (nSPS) is 10.9. The SMILES string of the molecule is CCOc1ccc(-c2cccc(/C=N/c3ccc(OCC(=O)O)c(F)c3)c2)c(C)c1. The third kappa shape index (κ3) is 5.44. The second-order valence-electron chi connectivity index (χ2n) is 6.59. The molecule has 3 rings (SSSR count). The van der Waals surface area contributed by atoms with Crippen molar-refractivity contribution in [3.8, 4) is 22.6 Å². The minimum Gasteiger partial charge on any atom is -0.494 e.